The highest BCUT2D eigenvalue weighted by atomic mass is 35.5. The minimum Gasteiger partial charge on any atom is -0.496 e. The molecule has 0 radical (unpaired) electrons. The van der Waals surface area contributed by atoms with Crippen molar-refractivity contribution in [3.63, 3.8) is 0 Å². The monoisotopic (exact) mass is 248 g/mol. The molecule has 0 unspecified atom stereocenters. The highest BCUT2D eigenvalue weighted by Gasteiger charge is 2.12. The molecule has 5 heteroatoms. The minimum absolute atomic E-state index is 0.159. The Bertz CT molecular complexity index is 620. The number of hydrogen-bond acceptors (Lipinski definition) is 4. The molecule has 0 fully saturated rings. The van der Waals surface area contributed by atoms with Crippen molar-refractivity contribution in [1.29, 1.82) is 5.26 Å². The SMILES string of the molecule is COc1ccc(OC)c2nc(Cl)c(C#N)cc12. The number of hydrogen-bond donors (Lipinski definition) is 0. The topological polar surface area (TPSA) is 55.1 Å². The average Bonchev–Trinajstić information content (AvgIpc) is 2.36. The molecule has 0 N–H and O–H groups in total. The van der Waals surface area contributed by atoms with Gasteiger partial charge < -0.3 is 9.47 Å². The number of fused-ring (bicyclic) bond motifs is 1. The summed E-state index contributed by atoms with van der Waals surface area (Å²) in [5, 5.41) is 9.78. The normalized spacial score (nSPS) is 10.0. The van der Waals surface area contributed by atoms with Gasteiger partial charge in [0.15, 0.2) is 0 Å². The van der Waals surface area contributed by atoms with E-state index in [2.05, 4.69) is 4.98 Å². The molecule has 17 heavy (non-hydrogen) atoms. The van der Waals surface area contributed by atoms with Crippen LogP contribution in [0.15, 0.2) is 18.2 Å². The highest BCUT2D eigenvalue weighted by molar-refractivity contribution is 6.31. The summed E-state index contributed by atoms with van der Waals surface area (Å²) in [6, 6.07) is 7.14. The molecule has 4 nitrogen and oxygen atoms in total. The first-order valence-electron chi connectivity index (χ1n) is 4.82. The molecule has 86 valence electrons. The number of methoxy groups -OCH3 is 2. The van der Waals surface area contributed by atoms with Gasteiger partial charge in [-0.05, 0) is 18.2 Å². The summed E-state index contributed by atoms with van der Waals surface area (Å²) in [6.45, 7) is 0. The fraction of sp³-hybridized carbons (Fsp3) is 0.167. The van der Waals surface area contributed by atoms with E-state index in [9.17, 15) is 0 Å². The Morgan fingerprint density at radius 3 is 2.47 bits per heavy atom. The molecule has 0 saturated heterocycles. The summed E-state index contributed by atoms with van der Waals surface area (Å²) in [6.07, 6.45) is 0. The zero-order valence-corrected chi connectivity index (χ0v) is 10.1. The number of benzene rings is 1. The van der Waals surface area contributed by atoms with Crippen LogP contribution in [0.4, 0.5) is 0 Å². The van der Waals surface area contributed by atoms with Crippen LogP contribution in [0.3, 0.4) is 0 Å². The molecule has 0 saturated carbocycles. The third-order valence-electron chi connectivity index (χ3n) is 2.42. The van der Waals surface area contributed by atoms with Gasteiger partial charge in [-0.25, -0.2) is 4.98 Å². The molecule has 2 aromatic rings. The van der Waals surface area contributed by atoms with Crippen molar-refractivity contribution in [2.24, 2.45) is 0 Å². The summed E-state index contributed by atoms with van der Waals surface area (Å²) < 4.78 is 10.4. The van der Waals surface area contributed by atoms with E-state index in [0.29, 0.717) is 28.0 Å². The van der Waals surface area contributed by atoms with Gasteiger partial charge in [0.05, 0.1) is 19.8 Å². The summed E-state index contributed by atoms with van der Waals surface area (Å²) in [4.78, 5) is 4.16. The van der Waals surface area contributed by atoms with E-state index in [-0.39, 0.29) is 5.15 Å². The van der Waals surface area contributed by atoms with Crippen LogP contribution in [0.1, 0.15) is 5.56 Å². The van der Waals surface area contributed by atoms with Crippen molar-refractivity contribution in [3.8, 4) is 17.6 Å². The van der Waals surface area contributed by atoms with Crippen LogP contribution in [-0.2, 0) is 0 Å². The highest BCUT2D eigenvalue weighted by Crippen LogP contribution is 2.33. The number of aromatic nitrogens is 1. The van der Waals surface area contributed by atoms with E-state index in [1.165, 1.54) is 0 Å². The summed E-state index contributed by atoms with van der Waals surface area (Å²) in [7, 11) is 3.11. The molecule has 0 spiro atoms. The van der Waals surface area contributed by atoms with Crippen molar-refractivity contribution < 1.29 is 9.47 Å². The molecular formula is C12H9ClN2O2. The Morgan fingerprint density at radius 2 is 1.88 bits per heavy atom. The number of nitrogens with zero attached hydrogens (tertiary/aromatic N) is 2. The molecule has 0 atom stereocenters. The third kappa shape index (κ3) is 1.85. The minimum atomic E-state index is 0.159. The lowest BCUT2D eigenvalue weighted by Crippen LogP contribution is -1.93. The molecule has 2 rings (SSSR count). The molecule has 0 bridgehead atoms. The quantitative estimate of drug-likeness (QED) is 0.767. The first-order valence-corrected chi connectivity index (χ1v) is 5.20. The average molecular weight is 249 g/mol. The Balaban J connectivity index is 2.87. The Kier molecular flexibility index (Phi) is 3.03. The second-order valence-electron chi connectivity index (χ2n) is 3.30. The van der Waals surface area contributed by atoms with Crippen LogP contribution in [-0.4, -0.2) is 19.2 Å². The Labute approximate surface area is 103 Å². The lowest BCUT2D eigenvalue weighted by molar-refractivity contribution is 0.410. The lowest BCUT2D eigenvalue weighted by Gasteiger charge is -2.09. The van der Waals surface area contributed by atoms with Crippen molar-refractivity contribution >= 4 is 22.5 Å². The van der Waals surface area contributed by atoms with Crippen LogP contribution in [0.25, 0.3) is 10.9 Å². The van der Waals surface area contributed by atoms with Gasteiger partial charge in [-0.1, -0.05) is 11.6 Å². The number of rotatable bonds is 2. The molecule has 1 aromatic heterocycles. The smallest absolute Gasteiger partial charge is 0.147 e. The molecule has 0 amide bonds. The summed E-state index contributed by atoms with van der Waals surface area (Å²) >= 11 is 5.90. The Hall–Kier alpha value is -1.99. The van der Waals surface area contributed by atoms with Crippen molar-refractivity contribution in [1.82, 2.24) is 4.98 Å². The maximum Gasteiger partial charge on any atom is 0.147 e. The molecule has 1 heterocycles. The fourth-order valence-corrected chi connectivity index (χ4v) is 1.79. The maximum atomic E-state index is 8.92. The van der Waals surface area contributed by atoms with Gasteiger partial charge in [0.25, 0.3) is 0 Å². The van der Waals surface area contributed by atoms with Gasteiger partial charge in [-0.3, -0.25) is 0 Å². The number of ether oxygens (including phenoxy) is 2. The third-order valence-corrected chi connectivity index (χ3v) is 2.71. The van der Waals surface area contributed by atoms with E-state index in [1.807, 2.05) is 6.07 Å². The standard InChI is InChI=1S/C12H9ClN2O2/c1-16-9-3-4-10(17-2)11-8(9)5-7(6-14)12(13)15-11/h3-5H,1-2H3. The lowest BCUT2D eigenvalue weighted by atomic mass is 10.1. The number of nitriles is 1. The summed E-state index contributed by atoms with van der Waals surface area (Å²) in [5.41, 5.74) is 0.890. The van der Waals surface area contributed by atoms with Crippen LogP contribution >= 0.6 is 11.6 Å². The molecule has 1 aromatic carbocycles. The van der Waals surface area contributed by atoms with Crippen molar-refractivity contribution in [2.75, 3.05) is 14.2 Å². The van der Waals surface area contributed by atoms with Crippen LogP contribution in [0.2, 0.25) is 5.15 Å². The zero-order valence-electron chi connectivity index (χ0n) is 9.32. The van der Waals surface area contributed by atoms with E-state index in [4.69, 9.17) is 26.3 Å². The molecule has 0 aliphatic heterocycles. The zero-order chi connectivity index (χ0) is 12.4. The predicted molar refractivity (Wildman–Crippen MR) is 64.6 cm³/mol. The van der Waals surface area contributed by atoms with E-state index in [1.54, 1.807) is 32.4 Å². The Morgan fingerprint density at radius 1 is 1.24 bits per heavy atom. The number of halogens is 1. The van der Waals surface area contributed by atoms with Crippen molar-refractivity contribution in [3.05, 3.63) is 28.9 Å². The summed E-state index contributed by atoms with van der Waals surface area (Å²) in [5.74, 6) is 1.22. The predicted octanol–water partition coefficient (Wildman–Crippen LogP) is 2.78. The van der Waals surface area contributed by atoms with Crippen LogP contribution in [0.5, 0.6) is 11.5 Å². The van der Waals surface area contributed by atoms with E-state index < -0.39 is 0 Å². The molecule has 0 aliphatic carbocycles. The van der Waals surface area contributed by atoms with E-state index >= 15 is 0 Å². The largest absolute Gasteiger partial charge is 0.496 e. The number of pyridine rings is 1. The first kappa shape index (κ1) is 11.5. The van der Waals surface area contributed by atoms with Gasteiger partial charge in [0.1, 0.15) is 28.2 Å². The second kappa shape index (κ2) is 4.48. The van der Waals surface area contributed by atoms with Gasteiger partial charge in [0, 0.05) is 5.39 Å². The van der Waals surface area contributed by atoms with Gasteiger partial charge in [-0.2, -0.15) is 5.26 Å². The second-order valence-corrected chi connectivity index (χ2v) is 3.66. The van der Waals surface area contributed by atoms with Crippen LogP contribution in [0, 0.1) is 11.3 Å². The first-order chi connectivity index (χ1) is 8.21. The van der Waals surface area contributed by atoms with Gasteiger partial charge >= 0.3 is 0 Å². The van der Waals surface area contributed by atoms with E-state index in [0.717, 1.165) is 0 Å². The van der Waals surface area contributed by atoms with Crippen molar-refractivity contribution in [2.45, 2.75) is 0 Å². The van der Waals surface area contributed by atoms with Gasteiger partial charge in [0.2, 0.25) is 0 Å². The fourth-order valence-electron chi connectivity index (χ4n) is 1.61. The maximum absolute atomic E-state index is 8.92. The van der Waals surface area contributed by atoms with Crippen LogP contribution < -0.4 is 9.47 Å². The van der Waals surface area contributed by atoms with Gasteiger partial charge in [-0.15, -0.1) is 0 Å². The molecule has 0 aliphatic rings. The molecular weight excluding hydrogens is 240 g/mol.